The second-order valence-corrected chi connectivity index (χ2v) is 6.16. The summed E-state index contributed by atoms with van der Waals surface area (Å²) in [4.78, 5) is 86.2. The molecule has 0 fully saturated rings. The molecule has 24 heavy (non-hydrogen) atoms. The molecule has 0 saturated carbocycles. The molecule has 0 aromatic carbocycles. The molecule has 0 heterocycles. The summed E-state index contributed by atoms with van der Waals surface area (Å²) in [5.41, 5.74) is 0. The minimum atomic E-state index is -4.64. The zero-order valence-corrected chi connectivity index (χ0v) is 12.4. The zero-order valence-electron chi connectivity index (χ0n) is 8.79. The molecule has 0 radical (unpaired) electrons. The van der Waals surface area contributed by atoms with Gasteiger partial charge in [-0.25, -0.2) is 18.3 Å². The first-order valence-corrected chi connectivity index (χ1v) is 9.39. The Kier molecular flexibility index (Phi) is 50.6. The Hall–Kier alpha value is 4.44. The van der Waals surface area contributed by atoms with Crippen LogP contribution in [-0.4, -0.2) is 177 Å². The Morgan fingerprint density at radius 2 is 0.292 bits per heavy atom. The van der Waals surface area contributed by atoms with Crippen LogP contribution in [0.4, 0.5) is 0 Å². The average molecular weight is 488 g/mol. The maximum absolute atomic E-state index is 8.88. The fraction of sp³-hybridized carbons (Fsp3) is 0. The van der Waals surface area contributed by atoms with Crippen molar-refractivity contribution in [3.63, 3.8) is 0 Å². The SMILES string of the molecule is O=P(O)(O)O.O=P(O)(O)O.O=P(O)(O)O.O=P(O)(O)O.[NaH].[NaH].[NaH].[NaH]. The van der Waals surface area contributed by atoms with Gasteiger partial charge in [-0.15, -0.1) is 0 Å². The Morgan fingerprint density at radius 3 is 0.292 bits per heavy atom. The number of hydrogen-bond acceptors (Lipinski definition) is 4. The summed E-state index contributed by atoms with van der Waals surface area (Å²) in [6, 6.07) is 0. The van der Waals surface area contributed by atoms with E-state index in [1.54, 1.807) is 0 Å². The van der Waals surface area contributed by atoms with E-state index in [2.05, 4.69) is 0 Å². The van der Waals surface area contributed by atoms with Crippen LogP contribution in [-0.2, 0) is 18.3 Å². The third-order valence-electron chi connectivity index (χ3n) is 0. The van der Waals surface area contributed by atoms with Crippen molar-refractivity contribution in [2.75, 3.05) is 0 Å². The van der Waals surface area contributed by atoms with Gasteiger partial charge in [0.05, 0.1) is 0 Å². The van der Waals surface area contributed by atoms with Crippen LogP contribution in [0.1, 0.15) is 0 Å². The first-order chi connectivity index (χ1) is 8.00. The quantitative estimate of drug-likeness (QED) is 0.111. The van der Waals surface area contributed by atoms with Gasteiger partial charge in [0.2, 0.25) is 0 Å². The number of phosphoric acid groups is 4. The van der Waals surface area contributed by atoms with Crippen molar-refractivity contribution in [3.05, 3.63) is 0 Å². The maximum atomic E-state index is 8.88. The Labute approximate surface area is 223 Å². The normalized spacial score (nSPS) is 9.83. The van der Waals surface area contributed by atoms with Crippen LogP contribution < -0.4 is 0 Å². The summed E-state index contributed by atoms with van der Waals surface area (Å²) in [5.74, 6) is 0. The second kappa shape index (κ2) is 23.7. The fourth-order valence-corrected chi connectivity index (χ4v) is 0. The molecular formula is H16Na4O16P4. The van der Waals surface area contributed by atoms with Crippen molar-refractivity contribution in [2.24, 2.45) is 0 Å². The van der Waals surface area contributed by atoms with Crippen LogP contribution in [0, 0.1) is 0 Å². The van der Waals surface area contributed by atoms with Gasteiger partial charge in [0, 0.05) is 0 Å². The molecule has 0 atom stereocenters. The number of hydrogen-bond donors (Lipinski definition) is 12. The zero-order chi connectivity index (χ0) is 18.0. The summed E-state index contributed by atoms with van der Waals surface area (Å²) in [6.45, 7) is 0. The molecule has 0 aliphatic carbocycles. The molecule has 0 saturated heterocycles. The van der Waals surface area contributed by atoms with E-state index in [0.717, 1.165) is 0 Å². The van der Waals surface area contributed by atoms with E-state index < -0.39 is 31.3 Å². The van der Waals surface area contributed by atoms with Crippen LogP contribution in [0.25, 0.3) is 0 Å². The first kappa shape index (κ1) is 51.3. The van der Waals surface area contributed by atoms with Gasteiger partial charge in [0.1, 0.15) is 0 Å². The second-order valence-electron chi connectivity index (χ2n) is 2.05. The summed E-state index contributed by atoms with van der Waals surface area (Å²) < 4.78 is 35.5. The van der Waals surface area contributed by atoms with Crippen molar-refractivity contribution in [1.82, 2.24) is 0 Å². The Morgan fingerprint density at radius 1 is 0.292 bits per heavy atom. The molecular weight excluding hydrogens is 472 g/mol. The van der Waals surface area contributed by atoms with Crippen LogP contribution >= 0.6 is 31.3 Å². The molecule has 24 heteroatoms. The van der Waals surface area contributed by atoms with Crippen molar-refractivity contribution >= 4 is 150 Å². The molecule has 0 aromatic rings. The van der Waals surface area contributed by atoms with E-state index in [1.807, 2.05) is 0 Å². The Bertz CT molecular complexity index is 295. The Balaban J connectivity index is -0.0000000225. The molecule has 0 aliphatic heterocycles. The monoisotopic (exact) mass is 488 g/mol. The van der Waals surface area contributed by atoms with Crippen molar-refractivity contribution in [1.29, 1.82) is 0 Å². The van der Waals surface area contributed by atoms with E-state index in [1.165, 1.54) is 0 Å². The topological polar surface area (TPSA) is 311 Å². The molecule has 136 valence electrons. The predicted molar refractivity (Wildman–Crippen MR) is 85.6 cm³/mol. The van der Waals surface area contributed by atoms with Gasteiger partial charge in [0.15, 0.2) is 0 Å². The van der Waals surface area contributed by atoms with Gasteiger partial charge in [-0.3, -0.25) is 0 Å². The van der Waals surface area contributed by atoms with E-state index in [-0.39, 0.29) is 118 Å². The van der Waals surface area contributed by atoms with Crippen LogP contribution in [0.15, 0.2) is 0 Å². The molecule has 0 spiro atoms. The molecule has 16 nitrogen and oxygen atoms in total. The summed E-state index contributed by atoms with van der Waals surface area (Å²) >= 11 is 0. The summed E-state index contributed by atoms with van der Waals surface area (Å²) in [6.07, 6.45) is 0. The van der Waals surface area contributed by atoms with Crippen molar-refractivity contribution in [2.45, 2.75) is 0 Å². The summed E-state index contributed by atoms with van der Waals surface area (Å²) in [7, 11) is -18.6. The third-order valence-corrected chi connectivity index (χ3v) is 0. The summed E-state index contributed by atoms with van der Waals surface area (Å²) in [5, 5.41) is 0. The fourth-order valence-electron chi connectivity index (χ4n) is 0. The van der Waals surface area contributed by atoms with Gasteiger partial charge in [-0.1, -0.05) is 0 Å². The molecule has 0 aromatic heterocycles. The van der Waals surface area contributed by atoms with Crippen molar-refractivity contribution in [3.8, 4) is 0 Å². The number of rotatable bonds is 0. The van der Waals surface area contributed by atoms with Crippen LogP contribution in [0.2, 0.25) is 0 Å². The molecule has 0 amide bonds. The van der Waals surface area contributed by atoms with E-state index in [4.69, 9.17) is 77.0 Å². The molecule has 0 rings (SSSR count). The molecule has 0 unspecified atom stereocenters. The minimum absolute atomic E-state index is 0. The van der Waals surface area contributed by atoms with Crippen LogP contribution in [0.5, 0.6) is 0 Å². The van der Waals surface area contributed by atoms with E-state index in [9.17, 15) is 0 Å². The molecule has 0 aliphatic rings. The van der Waals surface area contributed by atoms with E-state index in [0.29, 0.717) is 0 Å². The van der Waals surface area contributed by atoms with Gasteiger partial charge in [-0.2, -0.15) is 0 Å². The van der Waals surface area contributed by atoms with Gasteiger partial charge >= 0.3 is 150 Å². The molecule has 0 bridgehead atoms. The molecule has 12 N–H and O–H groups in total. The predicted octanol–water partition coefficient (Wildman–Crippen LogP) is -6.31. The van der Waals surface area contributed by atoms with Crippen molar-refractivity contribution < 1.29 is 77.0 Å². The van der Waals surface area contributed by atoms with Gasteiger partial charge in [-0.05, 0) is 0 Å². The first-order valence-electron chi connectivity index (χ1n) is 3.13. The average Bonchev–Trinajstić information content (AvgIpc) is 1.62. The van der Waals surface area contributed by atoms with Gasteiger partial charge < -0.3 is 58.7 Å². The van der Waals surface area contributed by atoms with E-state index >= 15 is 0 Å². The van der Waals surface area contributed by atoms with Crippen LogP contribution in [0.3, 0.4) is 0 Å². The van der Waals surface area contributed by atoms with Gasteiger partial charge in [0.25, 0.3) is 0 Å². The third kappa shape index (κ3) is 868. The standard InChI is InChI=1S/4Na.4H3O4P.4H/c;;;;4*1-5(2,3)4;;;;/h;;;;4*(H3,1,2,3,4);;;;.